The zero-order chi connectivity index (χ0) is 15.3. The molecule has 0 fully saturated rings. The molecule has 0 N–H and O–H groups in total. The van der Waals surface area contributed by atoms with Gasteiger partial charge < -0.3 is 4.43 Å². The summed E-state index contributed by atoms with van der Waals surface area (Å²) in [6, 6.07) is 1.89. The molecule has 0 aliphatic heterocycles. The van der Waals surface area contributed by atoms with Crippen LogP contribution in [0.15, 0.2) is 6.07 Å². The van der Waals surface area contributed by atoms with Crippen LogP contribution in [-0.2, 0) is 10.8 Å². The van der Waals surface area contributed by atoms with Gasteiger partial charge >= 0.3 is 0 Å². The molecule has 1 aliphatic carbocycles. The molecular formula is C15H24F2OSSi. The van der Waals surface area contributed by atoms with Gasteiger partial charge in [0.15, 0.2) is 8.32 Å². The Kier molecular flexibility index (Phi) is 3.94. The highest BCUT2D eigenvalue weighted by Crippen LogP contribution is 2.50. The van der Waals surface area contributed by atoms with Crippen molar-refractivity contribution in [2.45, 2.75) is 70.7 Å². The van der Waals surface area contributed by atoms with Crippen molar-refractivity contribution >= 4 is 19.7 Å². The highest BCUT2D eigenvalue weighted by Gasteiger charge is 2.50. The minimum absolute atomic E-state index is 0.0637. The van der Waals surface area contributed by atoms with Gasteiger partial charge in [0.1, 0.15) is 6.10 Å². The number of aryl methyl sites for hydroxylation is 2. The Morgan fingerprint density at radius 2 is 1.95 bits per heavy atom. The second kappa shape index (κ2) is 4.89. The predicted molar refractivity (Wildman–Crippen MR) is 83.3 cm³/mol. The standard InChI is InChI=1S/C15H24F2OSSi/c1-10-9-11-12(19-10)7-8-15(16,17)13(11)18-20(5,6)14(2,3)4/h9,13H,7-8H2,1-6H3. The third-order valence-electron chi connectivity index (χ3n) is 4.54. The number of hydrogen-bond acceptors (Lipinski definition) is 2. The number of halogens is 2. The minimum Gasteiger partial charge on any atom is -0.404 e. The first-order valence-corrected chi connectivity index (χ1v) is 10.8. The summed E-state index contributed by atoms with van der Waals surface area (Å²) in [6.07, 6.45) is -0.686. The highest BCUT2D eigenvalue weighted by molar-refractivity contribution is 7.12. The SMILES string of the molecule is Cc1cc2c(s1)CCC(F)(F)C2O[Si](C)(C)C(C)(C)C. The topological polar surface area (TPSA) is 9.23 Å². The van der Waals surface area contributed by atoms with Gasteiger partial charge in [-0.3, -0.25) is 0 Å². The molecule has 114 valence electrons. The van der Waals surface area contributed by atoms with Crippen LogP contribution in [0, 0.1) is 6.92 Å². The fourth-order valence-electron chi connectivity index (χ4n) is 2.26. The van der Waals surface area contributed by atoms with Gasteiger partial charge in [0.2, 0.25) is 0 Å². The van der Waals surface area contributed by atoms with Crippen LogP contribution in [0.25, 0.3) is 0 Å². The minimum atomic E-state index is -2.75. The smallest absolute Gasteiger partial charge is 0.277 e. The molecular weight excluding hydrogens is 294 g/mol. The molecule has 20 heavy (non-hydrogen) atoms. The van der Waals surface area contributed by atoms with Crippen molar-refractivity contribution in [2.75, 3.05) is 0 Å². The van der Waals surface area contributed by atoms with Crippen molar-refractivity contribution in [3.05, 3.63) is 21.4 Å². The van der Waals surface area contributed by atoms with Crippen LogP contribution >= 0.6 is 11.3 Å². The molecule has 1 aromatic heterocycles. The van der Waals surface area contributed by atoms with Gasteiger partial charge in [0, 0.05) is 16.2 Å². The first-order valence-electron chi connectivity index (χ1n) is 7.09. The summed E-state index contributed by atoms with van der Waals surface area (Å²) in [7, 11) is -2.22. The van der Waals surface area contributed by atoms with E-state index in [9.17, 15) is 8.78 Å². The Balaban J connectivity index is 2.38. The maximum Gasteiger partial charge on any atom is 0.277 e. The van der Waals surface area contributed by atoms with E-state index in [4.69, 9.17) is 4.43 Å². The second-order valence-electron chi connectivity index (χ2n) is 7.25. The molecule has 0 radical (unpaired) electrons. The molecule has 1 unspecified atom stereocenters. The highest BCUT2D eigenvalue weighted by atomic mass is 32.1. The molecule has 1 atom stereocenters. The van der Waals surface area contributed by atoms with Crippen LogP contribution in [0.1, 0.15) is 48.6 Å². The first-order chi connectivity index (χ1) is 8.94. The fraction of sp³-hybridized carbons (Fsp3) is 0.733. The largest absolute Gasteiger partial charge is 0.404 e. The van der Waals surface area contributed by atoms with E-state index in [1.54, 1.807) is 11.3 Å². The zero-order valence-electron chi connectivity index (χ0n) is 13.1. The van der Waals surface area contributed by atoms with Crippen molar-refractivity contribution in [2.24, 2.45) is 0 Å². The Labute approximate surface area is 125 Å². The van der Waals surface area contributed by atoms with Gasteiger partial charge in [-0.05, 0) is 43.1 Å². The number of hydrogen-bond donors (Lipinski definition) is 0. The Bertz CT molecular complexity index is 502. The normalized spacial score (nSPS) is 22.7. The molecule has 5 heteroatoms. The Morgan fingerprint density at radius 1 is 1.35 bits per heavy atom. The van der Waals surface area contributed by atoms with Gasteiger partial charge in [-0.15, -0.1) is 11.3 Å². The molecule has 0 saturated carbocycles. The van der Waals surface area contributed by atoms with Crippen LogP contribution in [0.3, 0.4) is 0 Å². The molecule has 0 spiro atoms. The molecule has 0 saturated heterocycles. The van der Waals surface area contributed by atoms with Crippen LogP contribution in [-0.4, -0.2) is 14.2 Å². The van der Waals surface area contributed by atoms with E-state index in [2.05, 4.69) is 20.8 Å². The van der Waals surface area contributed by atoms with Crippen molar-refractivity contribution < 1.29 is 13.2 Å². The van der Waals surface area contributed by atoms with Gasteiger partial charge in [-0.1, -0.05) is 20.8 Å². The predicted octanol–water partition coefficient (Wildman–Crippen LogP) is 5.70. The molecule has 0 amide bonds. The zero-order valence-corrected chi connectivity index (χ0v) is 15.0. The van der Waals surface area contributed by atoms with E-state index in [1.165, 1.54) is 0 Å². The third-order valence-corrected chi connectivity index (χ3v) is 10.1. The maximum atomic E-state index is 14.4. The average Bonchev–Trinajstić information content (AvgIpc) is 2.62. The lowest BCUT2D eigenvalue weighted by Crippen LogP contribution is -2.46. The van der Waals surface area contributed by atoms with Crippen molar-refractivity contribution in [1.29, 1.82) is 0 Å². The van der Waals surface area contributed by atoms with E-state index in [-0.39, 0.29) is 11.5 Å². The van der Waals surface area contributed by atoms with Crippen LogP contribution in [0.4, 0.5) is 8.78 Å². The summed E-state index contributed by atoms with van der Waals surface area (Å²) in [5, 5.41) is -0.0637. The van der Waals surface area contributed by atoms with Crippen molar-refractivity contribution in [1.82, 2.24) is 0 Å². The van der Waals surface area contributed by atoms with Gasteiger partial charge in [0.25, 0.3) is 5.92 Å². The van der Waals surface area contributed by atoms with Gasteiger partial charge in [0.05, 0.1) is 0 Å². The van der Waals surface area contributed by atoms with Crippen LogP contribution in [0.5, 0.6) is 0 Å². The number of thiophene rings is 1. The summed E-state index contributed by atoms with van der Waals surface area (Å²) >= 11 is 1.63. The Hall–Kier alpha value is -0.263. The summed E-state index contributed by atoms with van der Waals surface area (Å²) in [6.45, 7) is 12.3. The van der Waals surface area contributed by atoms with Crippen molar-refractivity contribution in [3.63, 3.8) is 0 Å². The van der Waals surface area contributed by atoms with Gasteiger partial charge in [-0.2, -0.15) is 0 Å². The molecule has 0 aromatic carbocycles. The lowest BCUT2D eigenvalue weighted by Gasteiger charge is -2.42. The Morgan fingerprint density at radius 3 is 2.50 bits per heavy atom. The summed E-state index contributed by atoms with van der Waals surface area (Å²) < 4.78 is 34.8. The molecule has 1 nitrogen and oxygen atoms in total. The summed E-state index contributed by atoms with van der Waals surface area (Å²) in [5.74, 6) is -2.75. The fourth-order valence-corrected chi connectivity index (χ4v) is 4.56. The molecule has 1 aromatic rings. The molecule has 2 rings (SSSR count). The lowest BCUT2D eigenvalue weighted by atomic mass is 9.92. The number of rotatable bonds is 2. The van der Waals surface area contributed by atoms with E-state index in [0.29, 0.717) is 6.42 Å². The van der Waals surface area contributed by atoms with E-state index in [1.807, 2.05) is 26.1 Å². The number of alkyl halides is 2. The second-order valence-corrected chi connectivity index (χ2v) is 13.4. The average molecular weight is 319 g/mol. The third kappa shape index (κ3) is 2.85. The molecule has 1 aliphatic rings. The quantitative estimate of drug-likeness (QED) is 0.635. The summed E-state index contributed by atoms with van der Waals surface area (Å²) in [4.78, 5) is 2.17. The van der Waals surface area contributed by atoms with Crippen molar-refractivity contribution in [3.8, 4) is 0 Å². The van der Waals surface area contributed by atoms with Crippen LogP contribution < -0.4 is 0 Å². The first kappa shape index (κ1) is 16.1. The summed E-state index contributed by atoms with van der Waals surface area (Å²) in [5.41, 5.74) is 0.730. The molecule has 0 bridgehead atoms. The van der Waals surface area contributed by atoms with E-state index < -0.39 is 20.3 Å². The number of fused-ring (bicyclic) bond motifs is 1. The van der Waals surface area contributed by atoms with E-state index >= 15 is 0 Å². The monoisotopic (exact) mass is 318 g/mol. The maximum absolute atomic E-state index is 14.4. The lowest BCUT2D eigenvalue weighted by molar-refractivity contribution is -0.114. The van der Waals surface area contributed by atoms with E-state index in [0.717, 1.165) is 15.3 Å². The molecule has 1 heterocycles. The van der Waals surface area contributed by atoms with Gasteiger partial charge in [-0.25, -0.2) is 8.78 Å². The van der Waals surface area contributed by atoms with Crippen LogP contribution in [0.2, 0.25) is 18.1 Å².